The van der Waals surface area contributed by atoms with Crippen molar-refractivity contribution in [2.75, 3.05) is 0 Å². The molecule has 1 aromatic rings. The molecule has 0 heterocycles. The Labute approximate surface area is 93.3 Å². The molecule has 62 valence electrons. The zero-order valence-electron chi connectivity index (χ0n) is 9.90. The summed E-state index contributed by atoms with van der Waals surface area (Å²) in [4.78, 5) is 0. The maximum absolute atomic E-state index is 2.12. The molecule has 0 saturated carbocycles. The molecule has 0 spiro atoms. The standard InChI is InChI=1S/C6H5.C5H6.Zr.3H/c1-2-4-6-5-3-1;1-2-4-5-3-1;;;;/h1-5H;1-4H,5H2;;;;/q;;+3;3*-1. The molecule has 12 heavy (non-hydrogen) atoms. The van der Waals surface area contributed by atoms with Crippen LogP contribution in [0.25, 0.3) is 0 Å². The first-order valence-corrected chi connectivity index (χ1v) is 5.21. The molecule has 0 aromatic heterocycles. The molecule has 0 aliphatic heterocycles. The van der Waals surface area contributed by atoms with Crippen LogP contribution < -0.4 is 3.27 Å². The van der Waals surface area contributed by atoms with E-state index < -0.39 is 0 Å². The van der Waals surface area contributed by atoms with E-state index in [2.05, 4.69) is 48.6 Å². The first-order chi connectivity index (χ1) is 5.89. The Bertz CT molecular complexity index is 260. The fraction of sp³-hybridized carbons (Fsp3) is 0.0909. The van der Waals surface area contributed by atoms with E-state index in [0.717, 1.165) is 6.42 Å². The van der Waals surface area contributed by atoms with E-state index in [1.54, 1.807) is 0 Å². The van der Waals surface area contributed by atoms with Crippen LogP contribution in [0.5, 0.6) is 0 Å². The summed E-state index contributed by atoms with van der Waals surface area (Å²) in [5, 5.41) is 0. The van der Waals surface area contributed by atoms with Crippen LogP contribution >= 0.6 is 0 Å². The van der Waals surface area contributed by atoms with E-state index in [0.29, 0.717) is 0 Å². The van der Waals surface area contributed by atoms with Crippen LogP contribution in [0.1, 0.15) is 10.7 Å². The Hall–Kier alpha value is -0.417. The average Bonchev–Trinajstić information content (AvgIpc) is 2.62. The van der Waals surface area contributed by atoms with Crippen LogP contribution in [-0.2, 0) is 24.7 Å². The summed E-state index contributed by atoms with van der Waals surface area (Å²) in [6, 6.07) is 10.4. The van der Waals surface area contributed by atoms with Crippen LogP contribution in [0.3, 0.4) is 0 Å². The predicted molar refractivity (Wildman–Crippen MR) is 52.3 cm³/mol. The van der Waals surface area contributed by atoms with Gasteiger partial charge < -0.3 is 4.28 Å². The molecule has 0 fully saturated rings. The quantitative estimate of drug-likeness (QED) is 0.651. The summed E-state index contributed by atoms with van der Waals surface area (Å²) in [5.74, 6) is 0. The Balaban J connectivity index is -0.000000165. The van der Waals surface area contributed by atoms with Crippen molar-refractivity contribution in [1.29, 1.82) is 0 Å². The first kappa shape index (κ1) is 9.67. The van der Waals surface area contributed by atoms with Crippen LogP contribution in [0.4, 0.5) is 0 Å². The zero-order chi connectivity index (χ0) is 8.65. The number of hydrogen-bond acceptors (Lipinski definition) is 0. The summed E-state index contributed by atoms with van der Waals surface area (Å²) in [5.41, 5.74) is 0. The van der Waals surface area contributed by atoms with Gasteiger partial charge in [-0.1, -0.05) is 24.3 Å². The Morgan fingerprint density at radius 1 is 1.00 bits per heavy atom. The van der Waals surface area contributed by atoms with Crippen LogP contribution in [0.15, 0.2) is 54.6 Å². The Kier molecular flexibility index (Phi) is 4.95. The molecule has 1 aliphatic rings. The van der Waals surface area contributed by atoms with Crippen molar-refractivity contribution >= 4 is 3.27 Å². The van der Waals surface area contributed by atoms with E-state index in [1.165, 1.54) is 28.0 Å². The molecule has 0 radical (unpaired) electrons. The molecular weight excluding hydrogens is 223 g/mol. The summed E-state index contributed by atoms with van der Waals surface area (Å²) >= 11 is 1.49. The van der Waals surface area contributed by atoms with E-state index in [4.69, 9.17) is 0 Å². The van der Waals surface area contributed by atoms with Crippen molar-refractivity contribution in [3.8, 4) is 0 Å². The van der Waals surface area contributed by atoms with Gasteiger partial charge >= 0.3 is 58.3 Å². The van der Waals surface area contributed by atoms with Crippen molar-refractivity contribution in [2.24, 2.45) is 0 Å². The Morgan fingerprint density at radius 2 is 1.58 bits per heavy atom. The van der Waals surface area contributed by atoms with Gasteiger partial charge in [0, 0.05) is 0 Å². The van der Waals surface area contributed by atoms with Gasteiger partial charge in [0.05, 0.1) is 0 Å². The van der Waals surface area contributed by atoms with Gasteiger partial charge in [0.2, 0.25) is 0 Å². The second-order valence-electron chi connectivity index (χ2n) is 2.46. The molecule has 1 heteroatoms. The number of allylic oxidation sites excluding steroid dienone is 4. The average molecular weight is 237 g/mol. The molecule has 0 saturated heterocycles. The van der Waals surface area contributed by atoms with Gasteiger partial charge in [-0.05, 0) is 6.42 Å². The van der Waals surface area contributed by atoms with E-state index >= 15 is 0 Å². The van der Waals surface area contributed by atoms with Crippen molar-refractivity contribution < 1.29 is 29.0 Å². The van der Waals surface area contributed by atoms with E-state index in [9.17, 15) is 0 Å². The zero-order valence-corrected chi connectivity index (χ0v) is 9.36. The number of hydrogen-bond donors (Lipinski definition) is 0. The minimum absolute atomic E-state index is 0. The van der Waals surface area contributed by atoms with Gasteiger partial charge in [-0.3, -0.25) is 0 Å². The van der Waals surface area contributed by atoms with Gasteiger partial charge in [0.25, 0.3) is 0 Å². The fourth-order valence-corrected chi connectivity index (χ4v) is 1.30. The molecule has 2 rings (SSSR count). The molecular formula is C11H14Zr. The fourth-order valence-electron chi connectivity index (χ4n) is 0.831. The molecule has 0 amide bonds. The van der Waals surface area contributed by atoms with E-state index in [1.807, 2.05) is 6.07 Å². The van der Waals surface area contributed by atoms with E-state index in [-0.39, 0.29) is 4.28 Å². The third kappa shape index (κ3) is 4.46. The monoisotopic (exact) mass is 236 g/mol. The van der Waals surface area contributed by atoms with Gasteiger partial charge in [-0.15, -0.1) is 0 Å². The predicted octanol–water partition coefficient (Wildman–Crippen LogP) is 2.70. The van der Waals surface area contributed by atoms with Crippen molar-refractivity contribution in [1.82, 2.24) is 0 Å². The molecule has 0 N–H and O–H groups in total. The summed E-state index contributed by atoms with van der Waals surface area (Å²) in [7, 11) is 0. The summed E-state index contributed by atoms with van der Waals surface area (Å²) in [6.07, 6.45) is 9.50. The minimum atomic E-state index is 0. The molecule has 1 aliphatic carbocycles. The third-order valence-corrected chi connectivity index (χ3v) is 2.25. The van der Waals surface area contributed by atoms with Gasteiger partial charge in [0.15, 0.2) is 0 Å². The summed E-state index contributed by atoms with van der Waals surface area (Å²) in [6.45, 7) is 0. The normalized spacial score (nSPS) is 12.5. The molecule has 0 atom stereocenters. The van der Waals surface area contributed by atoms with Crippen molar-refractivity contribution in [2.45, 2.75) is 6.42 Å². The van der Waals surface area contributed by atoms with Crippen LogP contribution in [0, 0.1) is 0 Å². The van der Waals surface area contributed by atoms with Gasteiger partial charge in [0.1, 0.15) is 0 Å². The summed E-state index contributed by atoms with van der Waals surface area (Å²) < 4.78 is 1.41. The SMILES string of the molecule is C1=CCC=C1.[H-].[H-].[H-].[Zr+3][c]1ccccc1. The van der Waals surface area contributed by atoms with Crippen molar-refractivity contribution in [3.05, 3.63) is 54.6 Å². The third-order valence-electron chi connectivity index (χ3n) is 1.43. The maximum atomic E-state index is 2.12. The molecule has 1 aromatic carbocycles. The van der Waals surface area contributed by atoms with Crippen molar-refractivity contribution in [3.63, 3.8) is 0 Å². The number of benzene rings is 1. The number of rotatable bonds is 0. The van der Waals surface area contributed by atoms with Gasteiger partial charge in [-0.25, -0.2) is 0 Å². The van der Waals surface area contributed by atoms with Crippen LogP contribution in [0.2, 0.25) is 0 Å². The van der Waals surface area contributed by atoms with Crippen LogP contribution in [-0.4, -0.2) is 0 Å². The first-order valence-electron chi connectivity index (χ1n) is 3.98. The van der Waals surface area contributed by atoms with Gasteiger partial charge in [-0.2, -0.15) is 0 Å². The molecule has 0 nitrogen and oxygen atoms in total. The molecule has 0 unspecified atom stereocenters. The molecule has 0 bridgehead atoms. The topological polar surface area (TPSA) is 0 Å². The Morgan fingerprint density at radius 3 is 1.83 bits per heavy atom. The second kappa shape index (κ2) is 6.14. The second-order valence-corrected chi connectivity index (χ2v) is 3.88.